The molecule has 2 rings (SSSR count). The Kier molecular flexibility index (Phi) is 6.27. The summed E-state index contributed by atoms with van der Waals surface area (Å²) in [6.45, 7) is 6.61. The number of carbonyl (C=O) groups is 1. The summed E-state index contributed by atoms with van der Waals surface area (Å²) in [5.41, 5.74) is 2.13. The van der Waals surface area contributed by atoms with Crippen LogP contribution in [0.1, 0.15) is 86.2 Å². The molecule has 1 aliphatic rings. The van der Waals surface area contributed by atoms with Gasteiger partial charge >= 0.3 is 5.97 Å². The van der Waals surface area contributed by atoms with Gasteiger partial charge in [-0.05, 0) is 60.6 Å². The first kappa shape index (κ1) is 18.8. The van der Waals surface area contributed by atoms with Gasteiger partial charge in [0.1, 0.15) is 5.75 Å². The lowest BCUT2D eigenvalue weighted by Crippen LogP contribution is -2.20. The van der Waals surface area contributed by atoms with E-state index in [0.717, 1.165) is 43.2 Å². The zero-order valence-electron chi connectivity index (χ0n) is 15.0. The van der Waals surface area contributed by atoms with Crippen LogP contribution in [0.3, 0.4) is 0 Å². The first-order chi connectivity index (χ1) is 11.3. The summed E-state index contributed by atoms with van der Waals surface area (Å²) in [7, 11) is 0. The molecule has 4 atom stereocenters. The summed E-state index contributed by atoms with van der Waals surface area (Å²) in [5, 5.41) is 28.8. The van der Waals surface area contributed by atoms with E-state index in [1.165, 1.54) is 6.07 Å². The van der Waals surface area contributed by atoms with Crippen molar-refractivity contribution in [3.05, 3.63) is 28.8 Å². The van der Waals surface area contributed by atoms with E-state index in [1.54, 1.807) is 6.07 Å². The van der Waals surface area contributed by atoms with Crippen molar-refractivity contribution in [1.82, 2.24) is 0 Å². The van der Waals surface area contributed by atoms with Crippen molar-refractivity contribution in [3.8, 4) is 5.75 Å². The van der Waals surface area contributed by atoms with Gasteiger partial charge in [0.05, 0.1) is 5.56 Å². The Hall–Kier alpha value is -1.55. The summed E-state index contributed by atoms with van der Waals surface area (Å²) in [4.78, 5) is 11.3. The van der Waals surface area contributed by atoms with E-state index < -0.39 is 5.97 Å². The molecule has 0 fully saturated rings. The van der Waals surface area contributed by atoms with Crippen LogP contribution in [0.4, 0.5) is 0 Å². The summed E-state index contributed by atoms with van der Waals surface area (Å²) >= 11 is 0. The molecule has 0 heterocycles. The molecule has 1 aromatic carbocycles. The number of fused-ring (bicyclic) bond motifs is 1. The fourth-order valence-electron chi connectivity index (χ4n) is 4.03. The molecule has 3 N–H and O–H groups in total. The van der Waals surface area contributed by atoms with Crippen LogP contribution in [0.5, 0.6) is 5.75 Å². The first-order valence-electron chi connectivity index (χ1n) is 9.06. The van der Waals surface area contributed by atoms with Crippen LogP contribution < -0.4 is 0 Å². The Labute approximate surface area is 144 Å². The van der Waals surface area contributed by atoms with Gasteiger partial charge in [-0.15, -0.1) is 0 Å². The van der Waals surface area contributed by atoms with Gasteiger partial charge in [-0.3, -0.25) is 0 Å². The molecule has 0 spiro atoms. The molecule has 0 aliphatic heterocycles. The lowest BCUT2D eigenvalue weighted by atomic mass is 9.70. The highest BCUT2D eigenvalue weighted by Gasteiger charge is 2.31. The molecule has 1 aromatic rings. The third-order valence-corrected chi connectivity index (χ3v) is 5.60. The van der Waals surface area contributed by atoms with E-state index in [2.05, 4.69) is 20.8 Å². The van der Waals surface area contributed by atoms with Crippen LogP contribution in [0.2, 0.25) is 0 Å². The van der Waals surface area contributed by atoms with Crippen LogP contribution in [0, 0.1) is 11.8 Å². The number of benzene rings is 1. The van der Waals surface area contributed by atoms with Crippen LogP contribution in [-0.4, -0.2) is 27.9 Å². The van der Waals surface area contributed by atoms with E-state index in [9.17, 15) is 15.0 Å². The predicted molar refractivity (Wildman–Crippen MR) is 94.7 cm³/mol. The van der Waals surface area contributed by atoms with Crippen molar-refractivity contribution in [2.45, 2.75) is 64.7 Å². The summed E-state index contributed by atoms with van der Waals surface area (Å²) < 4.78 is 0. The minimum atomic E-state index is -0.991. The van der Waals surface area contributed by atoms with E-state index in [0.29, 0.717) is 17.8 Å². The average Bonchev–Trinajstić information content (AvgIpc) is 2.54. The second kappa shape index (κ2) is 8.02. The molecule has 0 aromatic heterocycles. The second-order valence-electron chi connectivity index (χ2n) is 7.58. The van der Waals surface area contributed by atoms with Crippen molar-refractivity contribution in [1.29, 1.82) is 0 Å². The maximum atomic E-state index is 11.3. The second-order valence-corrected chi connectivity index (χ2v) is 7.58. The van der Waals surface area contributed by atoms with Gasteiger partial charge < -0.3 is 15.3 Å². The molecule has 0 amide bonds. The topological polar surface area (TPSA) is 77.8 Å². The molecule has 4 heteroatoms. The normalized spacial score (nSPS) is 22.7. The van der Waals surface area contributed by atoms with Crippen molar-refractivity contribution in [2.24, 2.45) is 11.8 Å². The quantitative estimate of drug-likeness (QED) is 0.686. The van der Waals surface area contributed by atoms with Crippen LogP contribution >= 0.6 is 0 Å². The fraction of sp³-hybridized carbons (Fsp3) is 0.650. The monoisotopic (exact) mass is 334 g/mol. The van der Waals surface area contributed by atoms with Gasteiger partial charge in [-0.25, -0.2) is 4.79 Å². The predicted octanol–water partition coefficient (Wildman–Crippen LogP) is 4.51. The number of phenols is 1. The van der Waals surface area contributed by atoms with E-state index in [1.807, 2.05) is 0 Å². The largest absolute Gasteiger partial charge is 0.508 e. The maximum absolute atomic E-state index is 11.3. The number of aromatic carboxylic acids is 1. The zero-order valence-corrected chi connectivity index (χ0v) is 15.0. The lowest BCUT2D eigenvalue weighted by Gasteiger charge is -2.34. The molecule has 134 valence electrons. The van der Waals surface area contributed by atoms with E-state index in [-0.39, 0.29) is 23.8 Å². The SMILES string of the molecule is C[C@@H](CO)CCC[C@H](C)[C@@H]1CC[C@@H](C)c2c(O)cc(C(=O)O)cc21. The highest BCUT2D eigenvalue weighted by atomic mass is 16.4. The third-order valence-electron chi connectivity index (χ3n) is 5.60. The number of rotatable bonds is 7. The average molecular weight is 334 g/mol. The Balaban J connectivity index is 2.22. The number of aliphatic hydroxyl groups excluding tert-OH is 1. The molecule has 0 bridgehead atoms. The number of hydrogen-bond donors (Lipinski definition) is 3. The number of carboxylic acid groups (broad SMARTS) is 1. The minimum absolute atomic E-state index is 0.128. The molecule has 0 unspecified atom stereocenters. The van der Waals surface area contributed by atoms with Crippen LogP contribution in [0.25, 0.3) is 0 Å². The summed E-state index contributed by atoms with van der Waals surface area (Å²) in [6.07, 6.45) is 5.19. The Bertz CT molecular complexity index is 581. The zero-order chi connectivity index (χ0) is 17.9. The number of hydrogen-bond acceptors (Lipinski definition) is 3. The lowest BCUT2D eigenvalue weighted by molar-refractivity contribution is 0.0696. The number of phenolic OH excluding ortho intramolecular Hbond substituents is 1. The first-order valence-corrected chi connectivity index (χ1v) is 9.06. The van der Waals surface area contributed by atoms with Crippen LogP contribution in [-0.2, 0) is 0 Å². The number of aliphatic hydroxyl groups is 1. The minimum Gasteiger partial charge on any atom is -0.508 e. The van der Waals surface area contributed by atoms with E-state index in [4.69, 9.17) is 5.11 Å². The van der Waals surface area contributed by atoms with Gasteiger partial charge in [-0.1, -0.05) is 33.6 Å². The maximum Gasteiger partial charge on any atom is 0.335 e. The molecular weight excluding hydrogens is 304 g/mol. The highest BCUT2D eigenvalue weighted by Crippen LogP contribution is 2.47. The molecule has 4 nitrogen and oxygen atoms in total. The standard InChI is InChI=1S/C20H30O4/c1-12(11-21)5-4-6-13(2)16-8-7-14(3)19-17(16)9-15(20(23)24)10-18(19)22/h9-10,12-14,16,21-22H,4-8,11H2,1-3H3,(H,23,24)/t12-,13+,14-,16+/m1/s1. The summed E-state index contributed by atoms with van der Waals surface area (Å²) in [5.74, 6) is 0.466. The van der Waals surface area contributed by atoms with Crippen molar-refractivity contribution < 1.29 is 20.1 Å². The molecule has 24 heavy (non-hydrogen) atoms. The molecule has 0 radical (unpaired) electrons. The number of aromatic hydroxyl groups is 1. The van der Waals surface area contributed by atoms with Gasteiger partial charge in [0.2, 0.25) is 0 Å². The Morgan fingerprint density at radius 1 is 1.25 bits per heavy atom. The smallest absolute Gasteiger partial charge is 0.335 e. The third kappa shape index (κ3) is 4.10. The Morgan fingerprint density at radius 3 is 2.58 bits per heavy atom. The van der Waals surface area contributed by atoms with Gasteiger partial charge in [-0.2, -0.15) is 0 Å². The van der Waals surface area contributed by atoms with Crippen molar-refractivity contribution in [3.63, 3.8) is 0 Å². The fourth-order valence-corrected chi connectivity index (χ4v) is 4.03. The highest BCUT2D eigenvalue weighted by molar-refractivity contribution is 5.88. The van der Waals surface area contributed by atoms with Gasteiger partial charge in [0.25, 0.3) is 0 Å². The van der Waals surface area contributed by atoms with Gasteiger partial charge in [0.15, 0.2) is 0 Å². The van der Waals surface area contributed by atoms with Crippen molar-refractivity contribution in [2.75, 3.05) is 6.61 Å². The Morgan fingerprint density at radius 2 is 1.96 bits per heavy atom. The number of carboxylic acids is 1. The van der Waals surface area contributed by atoms with E-state index >= 15 is 0 Å². The molecule has 1 aliphatic carbocycles. The van der Waals surface area contributed by atoms with Crippen LogP contribution in [0.15, 0.2) is 12.1 Å². The summed E-state index contributed by atoms with van der Waals surface area (Å²) in [6, 6.07) is 3.15. The van der Waals surface area contributed by atoms with Gasteiger partial charge in [0, 0.05) is 12.2 Å². The molecule has 0 saturated heterocycles. The molecule has 0 saturated carbocycles. The molecular formula is C20H30O4. The van der Waals surface area contributed by atoms with Crippen molar-refractivity contribution >= 4 is 5.97 Å².